The maximum absolute atomic E-state index is 13.0. The van der Waals surface area contributed by atoms with Gasteiger partial charge in [-0.05, 0) is 44.0 Å². The van der Waals surface area contributed by atoms with Gasteiger partial charge >= 0.3 is 0 Å². The minimum absolute atomic E-state index is 0.229. The van der Waals surface area contributed by atoms with Crippen LogP contribution in [0, 0.1) is 11.7 Å². The Morgan fingerprint density at radius 3 is 3.19 bits per heavy atom. The molecule has 2 heterocycles. The van der Waals surface area contributed by atoms with Gasteiger partial charge in [0.05, 0.1) is 5.52 Å². The molecule has 1 unspecified atom stereocenters. The Hall–Kier alpha value is -1.42. The minimum atomic E-state index is -0.229. The summed E-state index contributed by atoms with van der Waals surface area (Å²) in [5.74, 6) is 0.446. The zero-order valence-electron chi connectivity index (χ0n) is 8.96. The first kappa shape index (κ1) is 9.78. The van der Waals surface area contributed by atoms with Crippen LogP contribution in [0.15, 0.2) is 18.2 Å². The molecular formula is C12H14FN3. The van der Waals surface area contributed by atoms with Crippen molar-refractivity contribution in [1.82, 2.24) is 15.5 Å². The van der Waals surface area contributed by atoms with Crippen LogP contribution in [0.5, 0.6) is 0 Å². The summed E-state index contributed by atoms with van der Waals surface area (Å²) < 4.78 is 13.0. The molecule has 0 aliphatic carbocycles. The zero-order valence-corrected chi connectivity index (χ0v) is 8.96. The summed E-state index contributed by atoms with van der Waals surface area (Å²) in [6.45, 7) is 2.17. The summed E-state index contributed by atoms with van der Waals surface area (Å²) in [6.07, 6.45) is 2.21. The molecule has 4 heteroatoms. The van der Waals surface area contributed by atoms with Gasteiger partial charge in [0, 0.05) is 17.1 Å². The largest absolute Gasteiger partial charge is 0.316 e. The number of hydrogen-bond acceptors (Lipinski definition) is 2. The number of aromatic amines is 1. The molecule has 1 aliphatic heterocycles. The van der Waals surface area contributed by atoms with Crippen molar-refractivity contribution in [3.63, 3.8) is 0 Å². The Morgan fingerprint density at radius 1 is 1.44 bits per heavy atom. The Morgan fingerprint density at radius 2 is 2.38 bits per heavy atom. The highest BCUT2D eigenvalue weighted by Gasteiger charge is 2.17. The number of hydrogen-bond donors (Lipinski definition) is 2. The van der Waals surface area contributed by atoms with Gasteiger partial charge in [-0.25, -0.2) is 4.39 Å². The van der Waals surface area contributed by atoms with Crippen molar-refractivity contribution >= 4 is 10.9 Å². The predicted molar refractivity (Wildman–Crippen MR) is 60.7 cm³/mol. The summed E-state index contributed by atoms with van der Waals surface area (Å²) in [5, 5.41) is 11.6. The Bertz CT molecular complexity index is 500. The first-order chi connectivity index (χ1) is 7.83. The average molecular weight is 219 g/mol. The number of nitrogens with zero attached hydrogens (tertiary/aromatic N) is 1. The summed E-state index contributed by atoms with van der Waals surface area (Å²) in [4.78, 5) is 0. The lowest BCUT2D eigenvalue weighted by molar-refractivity contribution is 0.573. The van der Waals surface area contributed by atoms with Crippen LogP contribution in [0.3, 0.4) is 0 Å². The molecule has 84 valence electrons. The van der Waals surface area contributed by atoms with Crippen LogP contribution >= 0.6 is 0 Å². The number of nitrogens with one attached hydrogen (secondary N) is 2. The van der Waals surface area contributed by atoms with Gasteiger partial charge in [0.2, 0.25) is 0 Å². The molecule has 0 amide bonds. The topological polar surface area (TPSA) is 40.7 Å². The molecule has 2 N–H and O–H groups in total. The Labute approximate surface area is 93.0 Å². The molecule has 1 atom stereocenters. The molecule has 1 fully saturated rings. The van der Waals surface area contributed by atoms with Gasteiger partial charge in [-0.15, -0.1) is 0 Å². The quantitative estimate of drug-likeness (QED) is 0.809. The lowest BCUT2D eigenvalue weighted by atomic mass is 10.0. The van der Waals surface area contributed by atoms with E-state index < -0.39 is 0 Å². The van der Waals surface area contributed by atoms with Crippen molar-refractivity contribution in [3.8, 4) is 0 Å². The highest BCUT2D eigenvalue weighted by atomic mass is 19.1. The third kappa shape index (κ3) is 1.69. The molecule has 1 aromatic carbocycles. The highest BCUT2D eigenvalue weighted by molar-refractivity contribution is 5.81. The number of benzene rings is 1. The van der Waals surface area contributed by atoms with E-state index >= 15 is 0 Å². The molecule has 3 nitrogen and oxygen atoms in total. The summed E-state index contributed by atoms with van der Waals surface area (Å²) in [7, 11) is 0. The van der Waals surface area contributed by atoms with E-state index in [0.717, 1.165) is 36.1 Å². The van der Waals surface area contributed by atoms with E-state index in [-0.39, 0.29) is 5.82 Å². The smallest absolute Gasteiger partial charge is 0.125 e. The van der Waals surface area contributed by atoms with E-state index in [1.165, 1.54) is 18.6 Å². The van der Waals surface area contributed by atoms with Gasteiger partial charge in [-0.1, -0.05) is 0 Å². The molecule has 2 aromatic rings. The third-order valence-corrected chi connectivity index (χ3v) is 3.25. The third-order valence-electron chi connectivity index (χ3n) is 3.25. The van der Waals surface area contributed by atoms with Gasteiger partial charge in [0.15, 0.2) is 0 Å². The molecular weight excluding hydrogens is 205 g/mol. The monoisotopic (exact) mass is 219 g/mol. The van der Waals surface area contributed by atoms with Crippen molar-refractivity contribution in [3.05, 3.63) is 29.7 Å². The summed E-state index contributed by atoms with van der Waals surface area (Å²) in [6, 6.07) is 4.78. The molecule has 0 spiro atoms. The van der Waals surface area contributed by atoms with E-state index in [4.69, 9.17) is 0 Å². The fourth-order valence-corrected chi connectivity index (χ4v) is 2.37. The molecule has 0 bridgehead atoms. The summed E-state index contributed by atoms with van der Waals surface area (Å²) >= 11 is 0. The van der Waals surface area contributed by atoms with Gasteiger partial charge in [0.25, 0.3) is 0 Å². The van der Waals surface area contributed by atoms with Crippen LogP contribution in [0.25, 0.3) is 10.9 Å². The number of H-pyrrole nitrogens is 1. The van der Waals surface area contributed by atoms with Gasteiger partial charge in [-0.3, -0.25) is 5.10 Å². The number of aromatic nitrogens is 2. The van der Waals surface area contributed by atoms with Gasteiger partial charge in [-0.2, -0.15) is 5.10 Å². The lowest BCUT2D eigenvalue weighted by Crippen LogP contribution is -2.11. The number of fused-ring (bicyclic) bond motifs is 1. The predicted octanol–water partition coefficient (Wildman–Crippen LogP) is 1.85. The first-order valence-electron chi connectivity index (χ1n) is 5.66. The zero-order chi connectivity index (χ0) is 11.0. The lowest BCUT2D eigenvalue weighted by Gasteiger charge is -2.05. The van der Waals surface area contributed by atoms with Crippen molar-refractivity contribution < 1.29 is 4.39 Å². The Balaban J connectivity index is 1.91. The summed E-state index contributed by atoms with van der Waals surface area (Å²) in [5.41, 5.74) is 1.85. The van der Waals surface area contributed by atoms with Crippen LogP contribution in [0.4, 0.5) is 4.39 Å². The normalized spacial score (nSPS) is 20.7. The van der Waals surface area contributed by atoms with Crippen LogP contribution in [0.2, 0.25) is 0 Å². The second kappa shape index (κ2) is 3.87. The number of rotatable bonds is 2. The van der Waals surface area contributed by atoms with Crippen molar-refractivity contribution in [2.75, 3.05) is 13.1 Å². The van der Waals surface area contributed by atoms with Crippen LogP contribution in [-0.2, 0) is 6.42 Å². The van der Waals surface area contributed by atoms with E-state index in [2.05, 4.69) is 15.5 Å². The highest BCUT2D eigenvalue weighted by Crippen LogP contribution is 2.21. The fraction of sp³-hybridized carbons (Fsp3) is 0.417. The first-order valence-corrected chi connectivity index (χ1v) is 5.66. The molecule has 1 saturated heterocycles. The molecule has 3 rings (SSSR count). The average Bonchev–Trinajstić information content (AvgIpc) is 2.89. The molecule has 16 heavy (non-hydrogen) atoms. The molecule has 0 saturated carbocycles. The minimum Gasteiger partial charge on any atom is -0.316 e. The number of halogens is 1. The fourth-order valence-electron chi connectivity index (χ4n) is 2.37. The van der Waals surface area contributed by atoms with Crippen molar-refractivity contribution in [2.45, 2.75) is 12.8 Å². The van der Waals surface area contributed by atoms with Crippen LogP contribution in [-0.4, -0.2) is 23.3 Å². The van der Waals surface area contributed by atoms with Crippen LogP contribution < -0.4 is 5.32 Å². The van der Waals surface area contributed by atoms with E-state index in [1.807, 2.05) is 6.07 Å². The maximum atomic E-state index is 13.0. The molecule has 1 aromatic heterocycles. The van der Waals surface area contributed by atoms with E-state index in [0.29, 0.717) is 5.92 Å². The molecule has 0 radical (unpaired) electrons. The van der Waals surface area contributed by atoms with E-state index in [9.17, 15) is 4.39 Å². The molecule has 1 aliphatic rings. The standard InChI is InChI=1S/C12H14FN3/c13-9-1-2-10-11(15-16-12(10)6-9)5-8-3-4-14-7-8/h1-2,6,8,14H,3-5,7H2,(H,15,16). The second-order valence-electron chi connectivity index (χ2n) is 4.43. The van der Waals surface area contributed by atoms with Gasteiger partial charge < -0.3 is 5.32 Å². The maximum Gasteiger partial charge on any atom is 0.125 e. The van der Waals surface area contributed by atoms with Gasteiger partial charge in [0.1, 0.15) is 5.82 Å². The van der Waals surface area contributed by atoms with Crippen LogP contribution in [0.1, 0.15) is 12.1 Å². The van der Waals surface area contributed by atoms with E-state index in [1.54, 1.807) is 0 Å². The SMILES string of the molecule is Fc1ccc2c(CC3CCNC3)[nH]nc2c1. The Kier molecular flexibility index (Phi) is 2.36. The van der Waals surface area contributed by atoms with Crippen molar-refractivity contribution in [1.29, 1.82) is 0 Å². The van der Waals surface area contributed by atoms with Crippen molar-refractivity contribution in [2.24, 2.45) is 5.92 Å². The second-order valence-corrected chi connectivity index (χ2v) is 4.43.